The SMILES string of the molecule is C/[N+]([O-])=C\c1cccc(-c2ccccn2)n1. The molecule has 0 unspecified atom stereocenters. The van der Waals surface area contributed by atoms with E-state index >= 15 is 0 Å². The van der Waals surface area contributed by atoms with Gasteiger partial charge in [0.05, 0.1) is 11.4 Å². The van der Waals surface area contributed by atoms with E-state index in [0.29, 0.717) is 5.69 Å². The topological polar surface area (TPSA) is 51.9 Å². The Kier molecular flexibility index (Phi) is 2.91. The summed E-state index contributed by atoms with van der Waals surface area (Å²) in [5.74, 6) is 0. The molecule has 0 N–H and O–H groups in total. The van der Waals surface area contributed by atoms with Crippen LogP contribution in [0.3, 0.4) is 0 Å². The van der Waals surface area contributed by atoms with Gasteiger partial charge in [0.25, 0.3) is 0 Å². The molecule has 4 nitrogen and oxygen atoms in total. The Hall–Kier alpha value is -2.23. The van der Waals surface area contributed by atoms with Crippen molar-refractivity contribution < 1.29 is 4.74 Å². The van der Waals surface area contributed by atoms with E-state index in [4.69, 9.17) is 0 Å². The molecule has 0 aliphatic heterocycles. The van der Waals surface area contributed by atoms with Crippen molar-refractivity contribution >= 4 is 6.21 Å². The van der Waals surface area contributed by atoms with Gasteiger partial charge in [-0.25, -0.2) is 9.72 Å². The summed E-state index contributed by atoms with van der Waals surface area (Å²) < 4.78 is 0.727. The first kappa shape index (κ1) is 10.3. The zero-order chi connectivity index (χ0) is 11.4. The fourth-order valence-electron chi connectivity index (χ4n) is 1.37. The normalized spacial score (nSPS) is 11.4. The minimum absolute atomic E-state index is 0.626. The third kappa shape index (κ3) is 2.42. The van der Waals surface area contributed by atoms with Gasteiger partial charge >= 0.3 is 0 Å². The molecule has 0 saturated heterocycles. The van der Waals surface area contributed by atoms with Gasteiger partial charge in [0, 0.05) is 6.20 Å². The van der Waals surface area contributed by atoms with Gasteiger partial charge in [0.15, 0.2) is 6.21 Å². The summed E-state index contributed by atoms with van der Waals surface area (Å²) in [6.07, 6.45) is 3.14. The average molecular weight is 213 g/mol. The highest BCUT2D eigenvalue weighted by Crippen LogP contribution is 2.12. The summed E-state index contributed by atoms with van der Waals surface area (Å²) in [5.41, 5.74) is 2.18. The lowest BCUT2D eigenvalue weighted by Gasteiger charge is -2.00. The first-order valence-corrected chi connectivity index (χ1v) is 4.89. The molecule has 0 radical (unpaired) electrons. The molecule has 16 heavy (non-hydrogen) atoms. The summed E-state index contributed by atoms with van der Waals surface area (Å²) in [4.78, 5) is 8.52. The van der Waals surface area contributed by atoms with E-state index in [1.54, 1.807) is 12.3 Å². The summed E-state index contributed by atoms with van der Waals surface area (Å²) in [6, 6.07) is 11.1. The molecule has 2 aromatic heterocycles. The number of rotatable bonds is 2. The van der Waals surface area contributed by atoms with E-state index in [9.17, 15) is 5.21 Å². The molecular weight excluding hydrogens is 202 g/mol. The molecule has 0 aliphatic rings. The second-order valence-corrected chi connectivity index (χ2v) is 3.34. The Balaban J connectivity index is 2.41. The number of pyridine rings is 2. The molecule has 0 amide bonds. The molecule has 0 aromatic carbocycles. The van der Waals surface area contributed by atoms with Gasteiger partial charge in [-0.2, -0.15) is 0 Å². The number of aromatic nitrogens is 2. The van der Waals surface area contributed by atoms with E-state index in [2.05, 4.69) is 9.97 Å². The van der Waals surface area contributed by atoms with Crippen molar-refractivity contribution in [2.45, 2.75) is 0 Å². The molecule has 4 heteroatoms. The van der Waals surface area contributed by atoms with Crippen LogP contribution in [0.1, 0.15) is 5.69 Å². The van der Waals surface area contributed by atoms with Gasteiger partial charge in [-0.15, -0.1) is 0 Å². The van der Waals surface area contributed by atoms with Crippen molar-refractivity contribution in [1.82, 2.24) is 9.97 Å². The van der Waals surface area contributed by atoms with Crippen LogP contribution in [-0.2, 0) is 0 Å². The maximum atomic E-state index is 10.9. The summed E-state index contributed by atoms with van der Waals surface area (Å²) in [5, 5.41) is 10.9. The Morgan fingerprint density at radius 2 is 1.94 bits per heavy atom. The van der Waals surface area contributed by atoms with Crippen LogP contribution in [0.4, 0.5) is 0 Å². The largest absolute Gasteiger partial charge is 0.624 e. The van der Waals surface area contributed by atoms with Crippen LogP contribution in [0, 0.1) is 5.21 Å². The summed E-state index contributed by atoms with van der Waals surface area (Å²) in [7, 11) is 1.43. The van der Waals surface area contributed by atoms with Crippen molar-refractivity contribution in [1.29, 1.82) is 0 Å². The van der Waals surface area contributed by atoms with Crippen molar-refractivity contribution in [3.05, 3.63) is 53.5 Å². The van der Waals surface area contributed by atoms with Gasteiger partial charge in [0.2, 0.25) is 0 Å². The molecule has 2 rings (SSSR count). The third-order valence-electron chi connectivity index (χ3n) is 2.01. The Labute approximate surface area is 93.5 Å². The summed E-state index contributed by atoms with van der Waals surface area (Å²) in [6.45, 7) is 0. The van der Waals surface area contributed by atoms with E-state index in [1.165, 1.54) is 13.3 Å². The van der Waals surface area contributed by atoms with E-state index in [1.807, 2.05) is 30.3 Å². The fraction of sp³-hybridized carbons (Fsp3) is 0.0833. The molecule has 2 aromatic rings. The van der Waals surface area contributed by atoms with Crippen molar-refractivity contribution in [3.63, 3.8) is 0 Å². The van der Waals surface area contributed by atoms with Gasteiger partial charge in [-0.1, -0.05) is 12.1 Å². The quantitative estimate of drug-likeness (QED) is 0.330. The van der Waals surface area contributed by atoms with Crippen LogP contribution in [0.25, 0.3) is 11.4 Å². The van der Waals surface area contributed by atoms with Crippen LogP contribution >= 0.6 is 0 Å². The van der Waals surface area contributed by atoms with Crippen molar-refractivity contribution in [2.24, 2.45) is 0 Å². The van der Waals surface area contributed by atoms with Crippen LogP contribution < -0.4 is 0 Å². The Bertz CT molecular complexity index is 505. The van der Waals surface area contributed by atoms with E-state index in [-0.39, 0.29) is 0 Å². The molecule has 0 spiro atoms. The monoisotopic (exact) mass is 213 g/mol. The lowest BCUT2D eigenvalue weighted by atomic mass is 10.2. The first-order chi connectivity index (χ1) is 7.75. The number of hydrogen-bond acceptors (Lipinski definition) is 3. The van der Waals surface area contributed by atoms with Gasteiger partial charge in [0.1, 0.15) is 12.7 Å². The smallest absolute Gasteiger partial charge is 0.200 e. The summed E-state index contributed by atoms with van der Waals surface area (Å²) >= 11 is 0. The lowest BCUT2D eigenvalue weighted by molar-refractivity contribution is -0.416. The molecule has 0 bridgehead atoms. The predicted molar refractivity (Wildman–Crippen MR) is 62.2 cm³/mol. The zero-order valence-corrected chi connectivity index (χ0v) is 8.87. The molecule has 0 saturated carbocycles. The first-order valence-electron chi connectivity index (χ1n) is 4.89. The second-order valence-electron chi connectivity index (χ2n) is 3.34. The number of hydroxylamine groups is 1. The molecule has 0 atom stereocenters. The molecule has 0 aliphatic carbocycles. The molecular formula is C12H11N3O. The Morgan fingerprint density at radius 3 is 2.62 bits per heavy atom. The Morgan fingerprint density at radius 1 is 1.12 bits per heavy atom. The van der Waals surface area contributed by atoms with Gasteiger partial charge in [-0.3, -0.25) is 4.98 Å². The van der Waals surface area contributed by atoms with E-state index in [0.717, 1.165) is 16.1 Å². The molecule has 80 valence electrons. The highest BCUT2D eigenvalue weighted by Gasteiger charge is 2.01. The van der Waals surface area contributed by atoms with Crippen LogP contribution in [0.2, 0.25) is 0 Å². The minimum Gasteiger partial charge on any atom is -0.624 e. The van der Waals surface area contributed by atoms with Crippen molar-refractivity contribution in [2.75, 3.05) is 7.05 Å². The van der Waals surface area contributed by atoms with Crippen LogP contribution in [0.15, 0.2) is 42.6 Å². The molecule has 0 fully saturated rings. The van der Waals surface area contributed by atoms with E-state index < -0.39 is 0 Å². The minimum atomic E-state index is 0.626. The fourth-order valence-corrected chi connectivity index (χ4v) is 1.37. The standard InChI is InChI=1S/C12H11N3O/c1-15(16)9-10-5-4-7-12(14-10)11-6-2-3-8-13-11/h2-9H,1H3/b15-9+. The van der Waals surface area contributed by atoms with Crippen LogP contribution in [0.5, 0.6) is 0 Å². The van der Waals surface area contributed by atoms with Crippen molar-refractivity contribution in [3.8, 4) is 11.4 Å². The highest BCUT2D eigenvalue weighted by atomic mass is 16.5. The highest BCUT2D eigenvalue weighted by molar-refractivity contribution is 5.74. The predicted octanol–water partition coefficient (Wildman–Crippen LogP) is 1.70. The van der Waals surface area contributed by atoms with Gasteiger partial charge in [-0.05, 0) is 24.3 Å². The lowest BCUT2D eigenvalue weighted by Crippen LogP contribution is -2.00. The van der Waals surface area contributed by atoms with Crippen LogP contribution in [-0.4, -0.2) is 28.0 Å². The maximum Gasteiger partial charge on any atom is 0.200 e. The molecule has 2 heterocycles. The average Bonchev–Trinajstić information content (AvgIpc) is 2.30. The second kappa shape index (κ2) is 4.53. The zero-order valence-electron chi connectivity index (χ0n) is 8.87. The van der Waals surface area contributed by atoms with Gasteiger partial charge < -0.3 is 5.21 Å². The third-order valence-corrected chi connectivity index (χ3v) is 2.01. The number of hydrogen-bond donors (Lipinski definition) is 0. The maximum absolute atomic E-state index is 10.9. The number of nitrogens with zero attached hydrogens (tertiary/aromatic N) is 3.